The van der Waals surface area contributed by atoms with Crippen molar-refractivity contribution in [3.8, 4) is 12.3 Å². The van der Waals surface area contributed by atoms with Crippen LogP contribution in [0.2, 0.25) is 0 Å². The molecule has 1 saturated heterocycles. The standard InChI is InChI=1S/C23H27N3O6S2/c1-5-8-26-18-7-6-17(22(29)32-4)10-19(18)33-23(26)24-20(27)13-34(30,31)14-21(28)25-11-15(2)9-16(3)12-25/h1,6-7,10,15-16H,8-9,11-14H2,2-4H3. The summed E-state index contributed by atoms with van der Waals surface area (Å²) >= 11 is 1.10. The summed E-state index contributed by atoms with van der Waals surface area (Å²) in [5.41, 5.74) is 0.970. The Morgan fingerprint density at radius 2 is 1.88 bits per heavy atom. The third-order valence-electron chi connectivity index (χ3n) is 5.48. The fraction of sp³-hybridized carbons (Fsp3) is 0.478. The molecular formula is C23H27N3O6S2. The second-order valence-corrected chi connectivity index (χ2v) is 11.7. The normalized spacial score (nSPS) is 19.1. The summed E-state index contributed by atoms with van der Waals surface area (Å²) in [6, 6.07) is 4.82. The average molecular weight is 506 g/mol. The Morgan fingerprint density at radius 3 is 2.50 bits per heavy atom. The molecule has 1 aromatic carbocycles. The van der Waals surface area contributed by atoms with Gasteiger partial charge in [-0.1, -0.05) is 31.1 Å². The second kappa shape index (κ2) is 10.5. The molecule has 2 unspecified atom stereocenters. The zero-order valence-electron chi connectivity index (χ0n) is 19.3. The molecule has 1 aromatic heterocycles. The first kappa shape index (κ1) is 25.6. The molecule has 1 aliphatic heterocycles. The number of sulfone groups is 1. The lowest BCUT2D eigenvalue weighted by molar-refractivity contribution is -0.131. The van der Waals surface area contributed by atoms with Gasteiger partial charge >= 0.3 is 5.97 Å². The number of aromatic nitrogens is 1. The zero-order chi connectivity index (χ0) is 25.0. The minimum absolute atomic E-state index is 0.0975. The van der Waals surface area contributed by atoms with E-state index in [9.17, 15) is 22.8 Å². The quantitative estimate of drug-likeness (QED) is 0.434. The number of esters is 1. The molecule has 2 amide bonds. The first-order valence-corrected chi connectivity index (χ1v) is 13.4. The molecule has 0 saturated carbocycles. The maximum Gasteiger partial charge on any atom is 0.337 e. The van der Waals surface area contributed by atoms with E-state index in [1.54, 1.807) is 27.7 Å². The first-order valence-electron chi connectivity index (χ1n) is 10.7. The Kier molecular flexibility index (Phi) is 7.94. The van der Waals surface area contributed by atoms with E-state index in [2.05, 4.69) is 10.9 Å². The fourth-order valence-electron chi connectivity index (χ4n) is 4.17. The van der Waals surface area contributed by atoms with Gasteiger partial charge in [-0.2, -0.15) is 4.99 Å². The molecule has 2 aromatic rings. The van der Waals surface area contributed by atoms with Crippen LogP contribution in [0.1, 0.15) is 30.6 Å². The van der Waals surface area contributed by atoms with Crippen LogP contribution < -0.4 is 4.80 Å². The van der Waals surface area contributed by atoms with E-state index in [4.69, 9.17) is 11.2 Å². The molecule has 182 valence electrons. The van der Waals surface area contributed by atoms with Crippen molar-refractivity contribution in [3.63, 3.8) is 0 Å². The summed E-state index contributed by atoms with van der Waals surface area (Å²) in [4.78, 5) is 42.6. The number of nitrogens with zero attached hydrogens (tertiary/aromatic N) is 3. The molecule has 0 radical (unpaired) electrons. The third-order valence-corrected chi connectivity index (χ3v) is 7.90. The molecule has 2 heterocycles. The Morgan fingerprint density at radius 1 is 1.21 bits per heavy atom. The van der Waals surface area contributed by atoms with E-state index < -0.39 is 39.1 Å². The number of carbonyl (C=O) groups excluding carboxylic acids is 3. The van der Waals surface area contributed by atoms with Crippen molar-refractivity contribution in [2.75, 3.05) is 31.7 Å². The molecule has 3 rings (SSSR count). The number of thiazole rings is 1. The molecule has 0 aliphatic carbocycles. The lowest BCUT2D eigenvalue weighted by Crippen LogP contribution is -2.45. The number of likely N-dealkylation sites (tertiary alicyclic amines) is 1. The zero-order valence-corrected chi connectivity index (χ0v) is 20.9. The number of hydrogen-bond acceptors (Lipinski definition) is 7. The number of terminal acetylenes is 1. The summed E-state index contributed by atoms with van der Waals surface area (Å²) < 4.78 is 32.1. The van der Waals surface area contributed by atoms with Crippen LogP contribution in [0.5, 0.6) is 0 Å². The van der Waals surface area contributed by atoms with Gasteiger partial charge in [0.2, 0.25) is 5.91 Å². The van der Waals surface area contributed by atoms with Crippen LogP contribution in [0.15, 0.2) is 23.2 Å². The predicted octanol–water partition coefficient (Wildman–Crippen LogP) is 1.47. The van der Waals surface area contributed by atoms with Crippen molar-refractivity contribution >= 4 is 49.2 Å². The van der Waals surface area contributed by atoms with Gasteiger partial charge in [-0.15, -0.1) is 6.42 Å². The number of fused-ring (bicyclic) bond motifs is 1. The fourth-order valence-corrected chi connectivity index (χ4v) is 6.36. The van der Waals surface area contributed by atoms with E-state index >= 15 is 0 Å². The lowest BCUT2D eigenvalue weighted by Gasteiger charge is -2.34. The van der Waals surface area contributed by atoms with Crippen LogP contribution in [-0.4, -0.2) is 67.4 Å². The summed E-state index contributed by atoms with van der Waals surface area (Å²) in [6.45, 7) is 5.17. The number of rotatable bonds is 6. The third kappa shape index (κ3) is 6.12. The minimum Gasteiger partial charge on any atom is -0.465 e. The highest BCUT2D eigenvalue weighted by Gasteiger charge is 2.29. The lowest BCUT2D eigenvalue weighted by atomic mass is 9.92. The molecule has 9 nitrogen and oxygen atoms in total. The Hall–Kier alpha value is -2.97. The van der Waals surface area contributed by atoms with Crippen LogP contribution in [-0.2, 0) is 30.7 Å². The summed E-state index contributed by atoms with van der Waals surface area (Å²) in [5, 5.41) is 0. The van der Waals surface area contributed by atoms with Crippen molar-refractivity contribution in [2.24, 2.45) is 16.8 Å². The Bertz CT molecular complexity index is 1320. The molecule has 0 bridgehead atoms. The number of hydrogen-bond donors (Lipinski definition) is 0. The monoisotopic (exact) mass is 505 g/mol. The molecule has 0 N–H and O–H groups in total. The molecule has 0 spiro atoms. The van der Waals surface area contributed by atoms with Crippen LogP contribution in [0.25, 0.3) is 10.2 Å². The van der Waals surface area contributed by atoms with Gasteiger partial charge in [0.1, 0.15) is 11.5 Å². The first-order chi connectivity index (χ1) is 16.0. The molecule has 1 aliphatic rings. The van der Waals surface area contributed by atoms with Gasteiger partial charge in [-0.3, -0.25) is 9.59 Å². The van der Waals surface area contributed by atoms with Gasteiger partial charge in [0.15, 0.2) is 14.6 Å². The van der Waals surface area contributed by atoms with E-state index in [0.29, 0.717) is 40.7 Å². The summed E-state index contributed by atoms with van der Waals surface area (Å²) in [5.74, 6) is -0.430. The van der Waals surface area contributed by atoms with Crippen molar-refractivity contribution in [1.82, 2.24) is 9.47 Å². The molecular weight excluding hydrogens is 478 g/mol. The molecule has 2 atom stereocenters. The topological polar surface area (TPSA) is 115 Å². The smallest absolute Gasteiger partial charge is 0.337 e. The highest BCUT2D eigenvalue weighted by atomic mass is 32.2. The highest BCUT2D eigenvalue weighted by Crippen LogP contribution is 2.22. The van der Waals surface area contributed by atoms with Gasteiger partial charge in [0, 0.05) is 13.1 Å². The van der Waals surface area contributed by atoms with Gasteiger partial charge in [-0.25, -0.2) is 13.2 Å². The second-order valence-electron chi connectivity index (χ2n) is 8.63. The number of carbonyl (C=O) groups is 3. The van der Waals surface area contributed by atoms with E-state index in [1.807, 2.05) is 13.8 Å². The molecule has 11 heteroatoms. The number of piperidine rings is 1. The van der Waals surface area contributed by atoms with Gasteiger partial charge in [0.25, 0.3) is 5.91 Å². The number of amides is 2. The van der Waals surface area contributed by atoms with Gasteiger partial charge in [0.05, 0.1) is 29.4 Å². The van der Waals surface area contributed by atoms with E-state index in [0.717, 1.165) is 17.8 Å². The number of benzene rings is 1. The average Bonchev–Trinajstić information content (AvgIpc) is 3.07. The molecule has 1 fully saturated rings. The van der Waals surface area contributed by atoms with Crippen LogP contribution in [0.3, 0.4) is 0 Å². The Balaban J connectivity index is 1.82. The van der Waals surface area contributed by atoms with Crippen molar-refractivity contribution in [2.45, 2.75) is 26.8 Å². The van der Waals surface area contributed by atoms with Crippen LogP contribution in [0, 0.1) is 24.2 Å². The van der Waals surface area contributed by atoms with E-state index in [-0.39, 0.29) is 11.3 Å². The van der Waals surface area contributed by atoms with Crippen LogP contribution in [0.4, 0.5) is 0 Å². The van der Waals surface area contributed by atoms with Crippen molar-refractivity contribution < 1.29 is 27.5 Å². The van der Waals surface area contributed by atoms with Crippen LogP contribution >= 0.6 is 11.3 Å². The minimum atomic E-state index is -4.00. The number of methoxy groups -OCH3 is 1. The highest BCUT2D eigenvalue weighted by molar-refractivity contribution is 7.92. The van der Waals surface area contributed by atoms with Gasteiger partial charge in [-0.05, 0) is 36.5 Å². The predicted molar refractivity (Wildman–Crippen MR) is 129 cm³/mol. The van der Waals surface area contributed by atoms with Gasteiger partial charge < -0.3 is 14.2 Å². The Labute approximate surface area is 202 Å². The van der Waals surface area contributed by atoms with E-state index in [1.165, 1.54) is 7.11 Å². The maximum absolute atomic E-state index is 12.6. The summed E-state index contributed by atoms with van der Waals surface area (Å²) in [7, 11) is -2.73. The summed E-state index contributed by atoms with van der Waals surface area (Å²) in [6.07, 6.45) is 6.44. The van der Waals surface area contributed by atoms with Crippen molar-refractivity contribution in [1.29, 1.82) is 0 Å². The SMILES string of the molecule is C#CCn1c(=NC(=O)CS(=O)(=O)CC(=O)N2CC(C)CC(C)C2)sc2cc(C(=O)OC)ccc21. The largest absolute Gasteiger partial charge is 0.465 e. The maximum atomic E-state index is 12.6. The molecule has 34 heavy (non-hydrogen) atoms. The number of ether oxygens (including phenoxy) is 1. The van der Waals surface area contributed by atoms with Crippen molar-refractivity contribution in [3.05, 3.63) is 28.6 Å².